The van der Waals surface area contributed by atoms with E-state index in [4.69, 9.17) is 23.2 Å². The van der Waals surface area contributed by atoms with Crippen LogP contribution in [0.25, 0.3) is 0 Å². The molecule has 1 N–H and O–H groups in total. The second-order valence-corrected chi connectivity index (χ2v) is 5.28. The van der Waals surface area contributed by atoms with Crippen molar-refractivity contribution in [2.75, 3.05) is 0 Å². The highest BCUT2D eigenvalue weighted by Gasteiger charge is 2.17. The van der Waals surface area contributed by atoms with Gasteiger partial charge in [0.1, 0.15) is 0 Å². The van der Waals surface area contributed by atoms with Crippen molar-refractivity contribution in [1.29, 1.82) is 0 Å². The van der Waals surface area contributed by atoms with Crippen LogP contribution in [0.2, 0.25) is 10.0 Å². The van der Waals surface area contributed by atoms with Crippen LogP contribution < -0.4 is 5.32 Å². The van der Waals surface area contributed by atoms with E-state index in [-0.39, 0.29) is 12.1 Å². The average Bonchev–Trinajstić information content (AvgIpc) is 2.75. The Morgan fingerprint density at radius 1 is 1.21 bits per heavy atom. The highest BCUT2D eigenvalue weighted by atomic mass is 35.5. The summed E-state index contributed by atoms with van der Waals surface area (Å²) in [5.74, 6) is 0.775. The van der Waals surface area contributed by atoms with Gasteiger partial charge in [-0.2, -0.15) is 0 Å². The normalized spacial score (nSPS) is 14.4. The van der Waals surface area contributed by atoms with Crippen LogP contribution in [0.15, 0.2) is 18.2 Å². The molecule has 2 atom stereocenters. The molecule has 0 fully saturated rings. The molecular weight excluding hydrogens is 285 g/mol. The second-order valence-electron chi connectivity index (χ2n) is 4.44. The zero-order valence-electron chi connectivity index (χ0n) is 10.9. The number of halogens is 2. The Labute approximate surface area is 121 Å². The fourth-order valence-corrected chi connectivity index (χ4v) is 2.57. The van der Waals surface area contributed by atoms with Crippen molar-refractivity contribution in [3.8, 4) is 0 Å². The summed E-state index contributed by atoms with van der Waals surface area (Å²) in [7, 11) is 1.81. The van der Waals surface area contributed by atoms with E-state index in [2.05, 4.69) is 20.8 Å². The molecule has 19 heavy (non-hydrogen) atoms. The molecule has 2 aromatic rings. The monoisotopic (exact) mass is 299 g/mol. The average molecular weight is 300 g/mol. The molecule has 0 amide bonds. The lowest BCUT2D eigenvalue weighted by Gasteiger charge is -2.20. The minimum atomic E-state index is 0.0155. The van der Waals surface area contributed by atoms with Gasteiger partial charge in [-0.05, 0) is 42.0 Å². The number of nitrogens with zero attached hydrogens (tertiary/aromatic N) is 4. The van der Waals surface area contributed by atoms with Crippen LogP contribution in [0.5, 0.6) is 0 Å². The number of aromatic nitrogens is 4. The lowest BCUT2D eigenvalue weighted by molar-refractivity contribution is 0.460. The van der Waals surface area contributed by atoms with E-state index in [0.717, 1.165) is 11.4 Å². The van der Waals surface area contributed by atoms with Gasteiger partial charge in [0.2, 0.25) is 0 Å². The number of rotatable bonds is 4. The first kappa shape index (κ1) is 14.2. The van der Waals surface area contributed by atoms with Crippen molar-refractivity contribution in [2.24, 2.45) is 7.05 Å². The van der Waals surface area contributed by atoms with Gasteiger partial charge in [0.25, 0.3) is 0 Å². The van der Waals surface area contributed by atoms with E-state index in [1.54, 1.807) is 10.7 Å². The number of aryl methyl sites for hydroxylation is 1. The largest absolute Gasteiger partial charge is 0.301 e. The maximum Gasteiger partial charge on any atom is 0.167 e. The maximum absolute atomic E-state index is 6.19. The minimum absolute atomic E-state index is 0.0155. The smallest absolute Gasteiger partial charge is 0.167 e. The standard InChI is InChI=1S/C12H15Cl2N5/c1-7(10-5-4-9(13)6-11(10)14)15-8(2)12-16-17-18-19(12)3/h4-8,15H,1-3H3/t7-,8?/m1/s1. The molecule has 102 valence electrons. The van der Waals surface area contributed by atoms with Crippen LogP contribution in [0, 0.1) is 0 Å². The van der Waals surface area contributed by atoms with E-state index < -0.39 is 0 Å². The predicted molar refractivity (Wildman–Crippen MR) is 75.2 cm³/mol. The first-order chi connectivity index (χ1) is 8.99. The number of hydrogen-bond donors (Lipinski definition) is 1. The van der Waals surface area contributed by atoms with Gasteiger partial charge >= 0.3 is 0 Å². The summed E-state index contributed by atoms with van der Waals surface area (Å²) in [6.45, 7) is 4.04. The molecule has 1 aromatic carbocycles. The predicted octanol–water partition coefficient (Wildman–Crippen LogP) is 2.93. The van der Waals surface area contributed by atoms with Gasteiger partial charge in [0, 0.05) is 23.1 Å². The Bertz CT molecular complexity index is 569. The van der Waals surface area contributed by atoms with E-state index in [9.17, 15) is 0 Å². The molecule has 5 nitrogen and oxygen atoms in total. The lowest BCUT2D eigenvalue weighted by atomic mass is 10.1. The number of tetrazole rings is 1. The molecule has 1 aromatic heterocycles. The summed E-state index contributed by atoms with van der Waals surface area (Å²) < 4.78 is 1.65. The van der Waals surface area contributed by atoms with Gasteiger partial charge in [-0.3, -0.25) is 0 Å². The van der Waals surface area contributed by atoms with E-state index in [0.29, 0.717) is 10.0 Å². The molecule has 0 spiro atoms. The van der Waals surface area contributed by atoms with Gasteiger partial charge in [-0.15, -0.1) is 5.10 Å². The molecule has 0 saturated heterocycles. The maximum atomic E-state index is 6.19. The van der Waals surface area contributed by atoms with Crippen molar-refractivity contribution >= 4 is 23.2 Å². The molecule has 1 heterocycles. The highest BCUT2D eigenvalue weighted by molar-refractivity contribution is 6.35. The Morgan fingerprint density at radius 3 is 2.53 bits per heavy atom. The number of hydrogen-bond acceptors (Lipinski definition) is 4. The fraction of sp³-hybridized carbons (Fsp3) is 0.417. The van der Waals surface area contributed by atoms with Crippen LogP contribution >= 0.6 is 23.2 Å². The molecule has 0 aliphatic heterocycles. The quantitative estimate of drug-likeness (QED) is 0.943. The summed E-state index contributed by atoms with van der Waals surface area (Å²) >= 11 is 12.1. The molecule has 0 aliphatic carbocycles. The summed E-state index contributed by atoms with van der Waals surface area (Å²) in [5, 5.41) is 16.1. The third-order valence-electron chi connectivity index (χ3n) is 2.97. The molecule has 0 radical (unpaired) electrons. The summed E-state index contributed by atoms with van der Waals surface area (Å²) in [5.41, 5.74) is 0.994. The zero-order valence-corrected chi connectivity index (χ0v) is 12.4. The number of nitrogens with one attached hydrogen (secondary N) is 1. The van der Waals surface area contributed by atoms with E-state index in [1.807, 2.05) is 33.0 Å². The van der Waals surface area contributed by atoms with E-state index in [1.165, 1.54) is 0 Å². The molecular formula is C12H15Cl2N5. The molecule has 7 heteroatoms. The van der Waals surface area contributed by atoms with Crippen LogP contribution in [0.4, 0.5) is 0 Å². The van der Waals surface area contributed by atoms with Crippen LogP contribution in [0.1, 0.15) is 37.3 Å². The first-order valence-electron chi connectivity index (χ1n) is 5.92. The van der Waals surface area contributed by atoms with Gasteiger partial charge in [-0.1, -0.05) is 29.3 Å². The summed E-state index contributed by atoms with van der Waals surface area (Å²) in [6.07, 6.45) is 0. The number of benzene rings is 1. The van der Waals surface area contributed by atoms with Crippen molar-refractivity contribution in [3.05, 3.63) is 39.6 Å². The topological polar surface area (TPSA) is 55.6 Å². The van der Waals surface area contributed by atoms with Crippen LogP contribution in [0.3, 0.4) is 0 Å². The van der Waals surface area contributed by atoms with Gasteiger partial charge in [0.15, 0.2) is 5.82 Å². The Balaban J connectivity index is 2.13. The fourth-order valence-electron chi connectivity index (χ4n) is 2.00. The van der Waals surface area contributed by atoms with Gasteiger partial charge in [0.05, 0.1) is 6.04 Å². The molecule has 0 aliphatic rings. The minimum Gasteiger partial charge on any atom is -0.301 e. The van der Waals surface area contributed by atoms with Gasteiger partial charge < -0.3 is 5.32 Å². The molecule has 0 saturated carbocycles. The first-order valence-corrected chi connectivity index (χ1v) is 6.68. The Hall–Kier alpha value is -1.17. The Kier molecular flexibility index (Phi) is 4.39. The van der Waals surface area contributed by atoms with E-state index >= 15 is 0 Å². The second kappa shape index (κ2) is 5.86. The lowest BCUT2D eigenvalue weighted by Crippen LogP contribution is -2.25. The SMILES string of the molecule is CC(N[C@H](C)c1ccc(Cl)cc1Cl)c1nnnn1C. The van der Waals surface area contributed by atoms with Crippen molar-refractivity contribution in [1.82, 2.24) is 25.5 Å². The highest BCUT2D eigenvalue weighted by Crippen LogP contribution is 2.27. The van der Waals surface area contributed by atoms with Crippen molar-refractivity contribution < 1.29 is 0 Å². The van der Waals surface area contributed by atoms with Crippen molar-refractivity contribution in [2.45, 2.75) is 25.9 Å². The Morgan fingerprint density at radius 2 is 1.95 bits per heavy atom. The van der Waals surface area contributed by atoms with Crippen LogP contribution in [-0.2, 0) is 7.05 Å². The summed E-state index contributed by atoms with van der Waals surface area (Å²) in [6, 6.07) is 5.57. The van der Waals surface area contributed by atoms with Crippen molar-refractivity contribution in [3.63, 3.8) is 0 Å². The molecule has 2 rings (SSSR count). The van der Waals surface area contributed by atoms with Gasteiger partial charge in [-0.25, -0.2) is 4.68 Å². The summed E-state index contributed by atoms with van der Waals surface area (Å²) in [4.78, 5) is 0. The third kappa shape index (κ3) is 3.23. The van der Waals surface area contributed by atoms with Crippen LogP contribution in [-0.4, -0.2) is 20.2 Å². The zero-order chi connectivity index (χ0) is 14.0. The molecule has 1 unspecified atom stereocenters. The third-order valence-corrected chi connectivity index (χ3v) is 3.53. The molecule has 0 bridgehead atoms.